The van der Waals surface area contributed by atoms with Gasteiger partial charge in [-0.05, 0) is 24.8 Å². The van der Waals surface area contributed by atoms with Crippen LogP contribution in [0.3, 0.4) is 0 Å². The largest absolute Gasteiger partial charge is 0.445 e. The van der Waals surface area contributed by atoms with E-state index in [9.17, 15) is 4.79 Å². The molecule has 100 valence electrons. The van der Waals surface area contributed by atoms with E-state index in [1.807, 2.05) is 30.3 Å². The van der Waals surface area contributed by atoms with E-state index >= 15 is 0 Å². The van der Waals surface area contributed by atoms with Gasteiger partial charge < -0.3 is 10.1 Å². The minimum absolute atomic E-state index is 0.0631. The fraction of sp³-hybridized carbons (Fsp3) is 0.467. The average Bonchev–Trinajstić information content (AvgIpc) is 2.46. The lowest BCUT2D eigenvalue weighted by Gasteiger charge is -2.25. The summed E-state index contributed by atoms with van der Waals surface area (Å²) in [6, 6.07) is 11.9. The average molecular weight is 258 g/mol. The zero-order chi connectivity index (χ0) is 13.5. The van der Waals surface area contributed by atoms with E-state index < -0.39 is 6.09 Å². The van der Waals surface area contributed by atoms with Crippen LogP contribution in [0.5, 0.6) is 0 Å². The molecule has 0 bridgehead atoms. The Balaban J connectivity index is 1.74. The Labute approximate surface area is 113 Å². The minimum atomic E-state index is -0.396. The highest BCUT2D eigenvalue weighted by Gasteiger charge is 2.23. The number of rotatable bonds is 3. The van der Waals surface area contributed by atoms with E-state index in [2.05, 4.69) is 11.4 Å². The van der Waals surface area contributed by atoms with Crippen LogP contribution in [0.4, 0.5) is 4.79 Å². The Hall–Kier alpha value is -2.02. The van der Waals surface area contributed by atoms with Gasteiger partial charge in [-0.2, -0.15) is 5.26 Å². The molecule has 0 unspecified atom stereocenters. The molecule has 1 fully saturated rings. The van der Waals surface area contributed by atoms with Crippen LogP contribution in [0.15, 0.2) is 30.3 Å². The van der Waals surface area contributed by atoms with E-state index in [4.69, 9.17) is 10.00 Å². The maximum Gasteiger partial charge on any atom is 0.407 e. The van der Waals surface area contributed by atoms with E-state index in [1.54, 1.807) is 0 Å². The zero-order valence-corrected chi connectivity index (χ0v) is 10.8. The SMILES string of the molecule is N#C[C@@H]1CCC[C@H](NC(=O)OCc2ccccc2)C1. The second kappa shape index (κ2) is 6.79. The fourth-order valence-corrected chi connectivity index (χ4v) is 2.37. The molecule has 0 radical (unpaired) electrons. The summed E-state index contributed by atoms with van der Waals surface area (Å²) in [5, 5.41) is 11.7. The van der Waals surface area contributed by atoms with Gasteiger partial charge in [0.15, 0.2) is 0 Å². The van der Waals surface area contributed by atoms with Gasteiger partial charge >= 0.3 is 6.09 Å². The number of hydrogen-bond donors (Lipinski definition) is 1. The number of ether oxygens (including phenoxy) is 1. The van der Waals surface area contributed by atoms with Gasteiger partial charge in [-0.15, -0.1) is 0 Å². The molecule has 19 heavy (non-hydrogen) atoms. The summed E-state index contributed by atoms with van der Waals surface area (Å²) in [5.74, 6) is 0.0631. The molecule has 1 amide bonds. The van der Waals surface area contributed by atoms with Crippen molar-refractivity contribution in [2.75, 3.05) is 0 Å². The molecule has 4 heteroatoms. The molecule has 0 spiro atoms. The van der Waals surface area contributed by atoms with Crippen molar-refractivity contribution in [3.63, 3.8) is 0 Å². The van der Waals surface area contributed by atoms with Crippen molar-refractivity contribution in [3.05, 3.63) is 35.9 Å². The Bertz CT molecular complexity index is 453. The number of hydrogen-bond acceptors (Lipinski definition) is 3. The molecule has 0 aliphatic heterocycles. The Morgan fingerprint density at radius 2 is 2.16 bits per heavy atom. The molecule has 0 saturated heterocycles. The summed E-state index contributed by atoms with van der Waals surface area (Å²) in [4.78, 5) is 11.7. The molecule has 0 heterocycles. The number of carbonyl (C=O) groups excluding carboxylic acids is 1. The van der Waals surface area contributed by atoms with E-state index in [0.717, 1.165) is 31.2 Å². The van der Waals surface area contributed by atoms with Crippen LogP contribution in [0.25, 0.3) is 0 Å². The van der Waals surface area contributed by atoms with Crippen LogP contribution in [0, 0.1) is 17.2 Å². The third-order valence-corrected chi connectivity index (χ3v) is 3.39. The number of carbonyl (C=O) groups is 1. The Morgan fingerprint density at radius 3 is 2.89 bits per heavy atom. The fourth-order valence-electron chi connectivity index (χ4n) is 2.37. The first kappa shape index (κ1) is 13.4. The molecule has 1 aliphatic carbocycles. The van der Waals surface area contributed by atoms with Crippen molar-refractivity contribution in [3.8, 4) is 6.07 Å². The predicted molar refractivity (Wildman–Crippen MR) is 71.1 cm³/mol. The van der Waals surface area contributed by atoms with Gasteiger partial charge in [-0.25, -0.2) is 4.79 Å². The number of nitriles is 1. The molecule has 1 aliphatic rings. The quantitative estimate of drug-likeness (QED) is 0.906. The van der Waals surface area contributed by atoms with Crippen molar-refractivity contribution in [2.24, 2.45) is 5.92 Å². The first-order valence-electron chi connectivity index (χ1n) is 6.65. The summed E-state index contributed by atoms with van der Waals surface area (Å²) in [5.41, 5.74) is 0.969. The molecular weight excluding hydrogens is 240 g/mol. The van der Waals surface area contributed by atoms with Crippen molar-refractivity contribution in [2.45, 2.75) is 38.3 Å². The molecule has 1 aromatic rings. The first-order valence-corrected chi connectivity index (χ1v) is 6.65. The number of nitrogens with one attached hydrogen (secondary N) is 1. The highest BCUT2D eigenvalue weighted by Crippen LogP contribution is 2.23. The summed E-state index contributed by atoms with van der Waals surface area (Å²) in [7, 11) is 0. The van der Waals surface area contributed by atoms with E-state index in [1.165, 1.54) is 0 Å². The van der Waals surface area contributed by atoms with Crippen molar-refractivity contribution in [1.82, 2.24) is 5.32 Å². The van der Waals surface area contributed by atoms with Gasteiger partial charge in [0, 0.05) is 12.0 Å². The van der Waals surface area contributed by atoms with Gasteiger partial charge in [-0.3, -0.25) is 0 Å². The summed E-state index contributed by atoms with van der Waals surface area (Å²) in [6.45, 7) is 0.279. The molecular formula is C15H18N2O2. The standard InChI is InChI=1S/C15H18N2O2/c16-10-13-7-4-8-14(9-13)17-15(18)19-11-12-5-2-1-3-6-12/h1-3,5-6,13-14H,4,7-9,11H2,(H,17,18)/t13-,14+/m1/s1. The topological polar surface area (TPSA) is 62.1 Å². The lowest BCUT2D eigenvalue weighted by atomic mass is 9.87. The normalized spacial score (nSPS) is 22.3. The maximum absolute atomic E-state index is 11.7. The van der Waals surface area contributed by atoms with Crippen molar-refractivity contribution < 1.29 is 9.53 Å². The number of benzene rings is 1. The van der Waals surface area contributed by atoms with Gasteiger partial charge in [0.2, 0.25) is 0 Å². The maximum atomic E-state index is 11.7. The summed E-state index contributed by atoms with van der Waals surface area (Å²) < 4.78 is 5.17. The molecule has 4 nitrogen and oxygen atoms in total. The lowest BCUT2D eigenvalue weighted by molar-refractivity contribution is 0.132. The predicted octanol–water partition coefficient (Wildman–Crippen LogP) is 3.00. The van der Waals surface area contributed by atoms with Gasteiger partial charge in [0.25, 0.3) is 0 Å². The van der Waals surface area contributed by atoms with Gasteiger partial charge in [0.1, 0.15) is 6.61 Å². The third kappa shape index (κ3) is 4.29. The van der Waals surface area contributed by atoms with Crippen LogP contribution >= 0.6 is 0 Å². The van der Waals surface area contributed by atoms with Crippen molar-refractivity contribution >= 4 is 6.09 Å². The van der Waals surface area contributed by atoms with Gasteiger partial charge in [-0.1, -0.05) is 36.8 Å². The molecule has 1 saturated carbocycles. The highest BCUT2D eigenvalue weighted by molar-refractivity contribution is 5.67. The Morgan fingerprint density at radius 1 is 1.37 bits per heavy atom. The molecule has 1 aromatic carbocycles. The lowest BCUT2D eigenvalue weighted by Crippen LogP contribution is -2.38. The molecule has 0 aromatic heterocycles. The zero-order valence-electron chi connectivity index (χ0n) is 10.8. The van der Waals surface area contributed by atoms with Crippen LogP contribution in [0.1, 0.15) is 31.2 Å². The second-order valence-corrected chi connectivity index (χ2v) is 4.90. The second-order valence-electron chi connectivity index (χ2n) is 4.90. The van der Waals surface area contributed by atoms with Crippen LogP contribution in [-0.4, -0.2) is 12.1 Å². The summed E-state index contributed by atoms with van der Waals surface area (Å²) >= 11 is 0. The number of alkyl carbamates (subject to hydrolysis) is 1. The first-order chi connectivity index (χ1) is 9.28. The summed E-state index contributed by atoms with van der Waals surface area (Å²) in [6.07, 6.45) is 3.19. The minimum Gasteiger partial charge on any atom is -0.445 e. The third-order valence-electron chi connectivity index (χ3n) is 3.39. The van der Waals surface area contributed by atoms with Gasteiger partial charge in [0.05, 0.1) is 6.07 Å². The van der Waals surface area contributed by atoms with E-state index in [0.29, 0.717) is 0 Å². The van der Waals surface area contributed by atoms with Crippen LogP contribution < -0.4 is 5.32 Å². The molecule has 2 atom stereocenters. The molecule has 2 rings (SSSR count). The number of amides is 1. The molecule has 1 N–H and O–H groups in total. The monoisotopic (exact) mass is 258 g/mol. The van der Waals surface area contributed by atoms with E-state index in [-0.39, 0.29) is 18.6 Å². The number of nitrogens with zero attached hydrogens (tertiary/aromatic N) is 1. The smallest absolute Gasteiger partial charge is 0.407 e. The van der Waals surface area contributed by atoms with Crippen LogP contribution in [-0.2, 0) is 11.3 Å². The van der Waals surface area contributed by atoms with Crippen LogP contribution in [0.2, 0.25) is 0 Å². The van der Waals surface area contributed by atoms with Crippen molar-refractivity contribution in [1.29, 1.82) is 5.26 Å². The Kier molecular flexibility index (Phi) is 4.79. The highest BCUT2D eigenvalue weighted by atomic mass is 16.5.